The van der Waals surface area contributed by atoms with Crippen LogP contribution in [0.1, 0.15) is 23.1 Å². The van der Waals surface area contributed by atoms with Crippen LogP contribution in [0.5, 0.6) is 0 Å². The maximum atomic E-state index is 6.42. The van der Waals surface area contributed by atoms with Crippen LogP contribution in [0.2, 0.25) is 0 Å². The largest absolute Gasteiger partial charge is 0.493 e. The molecule has 0 radical (unpaired) electrons. The summed E-state index contributed by atoms with van der Waals surface area (Å²) in [6.45, 7) is 9.43. The average molecular weight is 459 g/mol. The Hall–Kier alpha value is -3.18. The van der Waals surface area contributed by atoms with Gasteiger partial charge in [-0.3, -0.25) is 0 Å². The third-order valence-electron chi connectivity index (χ3n) is 5.39. The van der Waals surface area contributed by atoms with Gasteiger partial charge in [0.05, 0.1) is 38.8 Å². The fraction of sp³-hybridized carbons (Fsp3) is 0.267. The zero-order chi connectivity index (χ0) is 23.8. The van der Waals surface area contributed by atoms with Crippen molar-refractivity contribution in [3.8, 4) is 0 Å². The predicted octanol–water partition coefficient (Wildman–Crippen LogP) is 6.48. The molecule has 4 heteroatoms. The van der Waals surface area contributed by atoms with E-state index in [2.05, 4.69) is 13.2 Å². The van der Waals surface area contributed by atoms with Crippen molar-refractivity contribution in [2.75, 3.05) is 6.61 Å². The summed E-state index contributed by atoms with van der Waals surface area (Å²) in [7, 11) is 0. The third-order valence-corrected chi connectivity index (χ3v) is 5.39. The molecule has 178 valence electrons. The van der Waals surface area contributed by atoms with Crippen LogP contribution in [0.15, 0.2) is 116 Å². The molecule has 4 nitrogen and oxygen atoms in total. The molecule has 0 N–H and O–H groups in total. The second-order valence-corrected chi connectivity index (χ2v) is 7.96. The van der Waals surface area contributed by atoms with Crippen molar-refractivity contribution in [1.82, 2.24) is 0 Å². The lowest BCUT2D eigenvalue weighted by Crippen LogP contribution is -2.44. The summed E-state index contributed by atoms with van der Waals surface area (Å²) < 4.78 is 24.7. The van der Waals surface area contributed by atoms with Crippen LogP contribution in [0.4, 0.5) is 0 Å². The SMILES string of the molecule is C=CC[C@@H](OCc1ccccc1)[C@@H](OCc1ccccc1)[C@@H](COCc1ccccc1)OC=C. The molecule has 0 saturated carbocycles. The van der Waals surface area contributed by atoms with Gasteiger partial charge in [0.2, 0.25) is 0 Å². The van der Waals surface area contributed by atoms with Gasteiger partial charge in [0.15, 0.2) is 0 Å². The summed E-state index contributed by atoms with van der Waals surface area (Å²) in [5.41, 5.74) is 3.28. The Kier molecular flexibility index (Phi) is 11.1. The average Bonchev–Trinajstić information content (AvgIpc) is 2.89. The number of hydrogen-bond donors (Lipinski definition) is 0. The molecule has 3 aromatic rings. The highest BCUT2D eigenvalue weighted by molar-refractivity contribution is 5.15. The Morgan fingerprint density at radius 3 is 1.62 bits per heavy atom. The number of hydrogen-bond acceptors (Lipinski definition) is 4. The minimum Gasteiger partial charge on any atom is -0.493 e. The molecule has 3 aromatic carbocycles. The summed E-state index contributed by atoms with van der Waals surface area (Å²) in [5, 5.41) is 0. The van der Waals surface area contributed by atoms with E-state index in [0.717, 1.165) is 16.7 Å². The zero-order valence-electron chi connectivity index (χ0n) is 19.6. The second-order valence-electron chi connectivity index (χ2n) is 7.96. The van der Waals surface area contributed by atoms with Crippen LogP contribution >= 0.6 is 0 Å². The van der Waals surface area contributed by atoms with E-state index in [1.807, 2.05) is 97.1 Å². The van der Waals surface area contributed by atoms with E-state index in [4.69, 9.17) is 18.9 Å². The van der Waals surface area contributed by atoms with Crippen molar-refractivity contribution in [3.05, 3.63) is 133 Å². The van der Waals surface area contributed by atoms with Crippen LogP contribution in [0.25, 0.3) is 0 Å². The molecule has 0 unspecified atom stereocenters. The first kappa shape index (κ1) is 25.4. The van der Waals surface area contributed by atoms with Gasteiger partial charge in [-0.1, -0.05) is 104 Å². The van der Waals surface area contributed by atoms with E-state index in [1.165, 1.54) is 6.26 Å². The van der Waals surface area contributed by atoms with Crippen molar-refractivity contribution in [2.45, 2.75) is 44.6 Å². The van der Waals surface area contributed by atoms with Gasteiger partial charge in [-0.2, -0.15) is 0 Å². The molecule has 0 heterocycles. The molecule has 0 bridgehead atoms. The first-order valence-electron chi connectivity index (χ1n) is 11.6. The van der Waals surface area contributed by atoms with Crippen molar-refractivity contribution < 1.29 is 18.9 Å². The Labute approximate surface area is 203 Å². The van der Waals surface area contributed by atoms with E-state index < -0.39 is 12.2 Å². The molecule has 0 aromatic heterocycles. The Bertz CT molecular complexity index is 943. The van der Waals surface area contributed by atoms with Gasteiger partial charge in [0.1, 0.15) is 12.2 Å². The van der Waals surface area contributed by atoms with Crippen LogP contribution < -0.4 is 0 Å². The first-order valence-corrected chi connectivity index (χ1v) is 11.6. The summed E-state index contributed by atoms with van der Waals surface area (Å²) in [5.74, 6) is 0. The molecule has 3 atom stereocenters. The first-order chi connectivity index (χ1) is 16.8. The van der Waals surface area contributed by atoms with E-state index >= 15 is 0 Å². The lowest BCUT2D eigenvalue weighted by molar-refractivity contribution is -0.148. The number of rotatable bonds is 16. The number of ether oxygens (including phenoxy) is 4. The van der Waals surface area contributed by atoms with Crippen LogP contribution in [0, 0.1) is 0 Å². The van der Waals surface area contributed by atoms with E-state index in [1.54, 1.807) is 0 Å². The third kappa shape index (κ3) is 8.64. The van der Waals surface area contributed by atoms with Gasteiger partial charge >= 0.3 is 0 Å². The van der Waals surface area contributed by atoms with Crippen LogP contribution in [-0.4, -0.2) is 24.9 Å². The molecule has 0 spiro atoms. The van der Waals surface area contributed by atoms with E-state index in [-0.39, 0.29) is 6.10 Å². The molecule has 0 fully saturated rings. The quantitative estimate of drug-likeness (QED) is 0.182. The van der Waals surface area contributed by atoms with E-state index in [9.17, 15) is 0 Å². The molecular formula is C30H34O4. The smallest absolute Gasteiger partial charge is 0.150 e. The van der Waals surface area contributed by atoms with Gasteiger partial charge in [-0.15, -0.1) is 6.58 Å². The number of benzene rings is 3. The summed E-state index contributed by atoms with van der Waals surface area (Å²) in [6.07, 6.45) is 2.84. The minimum absolute atomic E-state index is 0.272. The van der Waals surface area contributed by atoms with Crippen LogP contribution in [-0.2, 0) is 38.8 Å². The lowest BCUT2D eigenvalue weighted by atomic mass is 10.0. The maximum absolute atomic E-state index is 6.42. The fourth-order valence-electron chi connectivity index (χ4n) is 3.66. The monoisotopic (exact) mass is 458 g/mol. The standard InChI is InChI=1S/C30H34O4/c1-3-14-28(33-22-26-17-10-6-11-18-26)30(34-23-27-19-12-7-13-20-27)29(32-4-2)24-31-21-25-15-8-5-9-16-25/h3-13,15-20,28-30H,1-2,14,21-24H2/t28-,29-,30-/m1/s1. The molecule has 34 heavy (non-hydrogen) atoms. The molecular weight excluding hydrogens is 424 g/mol. The van der Waals surface area contributed by atoms with Crippen molar-refractivity contribution in [1.29, 1.82) is 0 Å². The molecule has 3 rings (SSSR count). The topological polar surface area (TPSA) is 36.9 Å². The fourth-order valence-corrected chi connectivity index (χ4v) is 3.66. The minimum atomic E-state index is -0.398. The maximum Gasteiger partial charge on any atom is 0.150 e. The summed E-state index contributed by atoms with van der Waals surface area (Å²) in [4.78, 5) is 0. The molecule has 0 aliphatic heterocycles. The Morgan fingerprint density at radius 2 is 1.12 bits per heavy atom. The lowest BCUT2D eigenvalue weighted by Gasteiger charge is -2.33. The highest BCUT2D eigenvalue weighted by Gasteiger charge is 2.32. The Balaban J connectivity index is 1.73. The second kappa shape index (κ2) is 14.9. The van der Waals surface area contributed by atoms with Gasteiger partial charge in [0, 0.05) is 0 Å². The molecule has 0 saturated heterocycles. The summed E-state index contributed by atoms with van der Waals surface area (Å²) in [6, 6.07) is 30.2. The van der Waals surface area contributed by atoms with Crippen molar-refractivity contribution >= 4 is 0 Å². The van der Waals surface area contributed by atoms with Gasteiger partial charge in [-0.05, 0) is 23.1 Å². The zero-order valence-corrected chi connectivity index (χ0v) is 19.6. The summed E-state index contributed by atoms with van der Waals surface area (Å²) >= 11 is 0. The highest BCUT2D eigenvalue weighted by Crippen LogP contribution is 2.21. The predicted molar refractivity (Wildman–Crippen MR) is 136 cm³/mol. The van der Waals surface area contributed by atoms with Crippen molar-refractivity contribution in [3.63, 3.8) is 0 Å². The van der Waals surface area contributed by atoms with Crippen molar-refractivity contribution in [2.24, 2.45) is 0 Å². The van der Waals surface area contributed by atoms with E-state index in [0.29, 0.717) is 32.8 Å². The Morgan fingerprint density at radius 1 is 0.618 bits per heavy atom. The molecule has 0 aliphatic rings. The van der Waals surface area contributed by atoms with Gasteiger partial charge in [-0.25, -0.2) is 0 Å². The normalized spacial score (nSPS) is 13.5. The van der Waals surface area contributed by atoms with Crippen LogP contribution in [0.3, 0.4) is 0 Å². The van der Waals surface area contributed by atoms with Gasteiger partial charge < -0.3 is 18.9 Å². The molecule has 0 amide bonds. The molecule has 0 aliphatic carbocycles. The highest BCUT2D eigenvalue weighted by atomic mass is 16.6. The van der Waals surface area contributed by atoms with Gasteiger partial charge in [0.25, 0.3) is 0 Å².